The van der Waals surface area contributed by atoms with E-state index in [9.17, 15) is 13.2 Å². The second kappa shape index (κ2) is 11.2. The van der Waals surface area contributed by atoms with Gasteiger partial charge in [-0.25, -0.2) is 8.42 Å². The van der Waals surface area contributed by atoms with Crippen LogP contribution in [0.5, 0.6) is 0 Å². The maximum absolute atomic E-state index is 12.7. The van der Waals surface area contributed by atoms with Crippen LogP contribution in [0.1, 0.15) is 0 Å². The standard InChI is InChI=1S/C16H24N4O4S.2ClH/c21-16(13-19-6-4-17-5-7-19)18-14-2-1-3-15(12-14)25(22,23)20-8-10-24-11-9-20;;/h1-3,12,17H,4-11,13H2,(H,18,21);2*1H. The van der Waals surface area contributed by atoms with Gasteiger partial charge in [0.15, 0.2) is 0 Å². The number of morpholine rings is 1. The molecule has 154 valence electrons. The average Bonchev–Trinajstić information content (AvgIpc) is 2.63. The van der Waals surface area contributed by atoms with Crippen molar-refractivity contribution < 1.29 is 17.9 Å². The molecule has 0 aliphatic carbocycles. The fourth-order valence-electron chi connectivity index (χ4n) is 2.94. The number of nitrogens with one attached hydrogen (secondary N) is 2. The zero-order chi connectivity index (χ0) is 17.7. The van der Waals surface area contributed by atoms with Crippen LogP contribution in [-0.2, 0) is 19.6 Å². The van der Waals surface area contributed by atoms with Crippen LogP contribution in [0.25, 0.3) is 0 Å². The quantitative estimate of drug-likeness (QED) is 0.688. The minimum absolute atomic E-state index is 0. The van der Waals surface area contributed by atoms with Crippen LogP contribution in [0.3, 0.4) is 0 Å². The first kappa shape index (κ1) is 24.1. The molecule has 0 aromatic heterocycles. The van der Waals surface area contributed by atoms with E-state index in [1.165, 1.54) is 10.4 Å². The number of hydrogen-bond acceptors (Lipinski definition) is 6. The number of halogens is 2. The van der Waals surface area contributed by atoms with Crippen LogP contribution in [0.2, 0.25) is 0 Å². The molecular weight excluding hydrogens is 415 g/mol. The lowest BCUT2D eigenvalue weighted by atomic mass is 10.3. The molecular formula is C16H26Cl2N4O4S. The van der Waals surface area contributed by atoms with Crippen molar-refractivity contribution in [3.63, 3.8) is 0 Å². The summed E-state index contributed by atoms with van der Waals surface area (Å²) in [4.78, 5) is 14.5. The molecule has 2 aliphatic rings. The molecule has 2 saturated heterocycles. The van der Waals surface area contributed by atoms with Gasteiger partial charge in [-0.05, 0) is 18.2 Å². The monoisotopic (exact) mass is 440 g/mol. The number of rotatable bonds is 5. The molecule has 1 amide bonds. The summed E-state index contributed by atoms with van der Waals surface area (Å²) in [6.45, 7) is 5.23. The highest BCUT2D eigenvalue weighted by Crippen LogP contribution is 2.20. The zero-order valence-corrected chi connectivity index (χ0v) is 17.4. The van der Waals surface area contributed by atoms with Crippen LogP contribution in [0.4, 0.5) is 5.69 Å². The van der Waals surface area contributed by atoms with Gasteiger partial charge >= 0.3 is 0 Å². The van der Waals surface area contributed by atoms with E-state index in [-0.39, 0.29) is 35.6 Å². The number of hydrogen-bond donors (Lipinski definition) is 2. The van der Waals surface area contributed by atoms with Crippen LogP contribution in [0.15, 0.2) is 29.2 Å². The lowest BCUT2D eigenvalue weighted by Gasteiger charge is -2.27. The van der Waals surface area contributed by atoms with Gasteiger partial charge in [-0.1, -0.05) is 6.07 Å². The Bertz CT molecular complexity index is 708. The summed E-state index contributed by atoms with van der Waals surface area (Å²) in [5, 5.41) is 6.04. The fraction of sp³-hybridized carbons (Fsp3) is 0.562. The molecule has 27 heavy (non-hydrogen) atoms. The number of amides is 1. The molecule has 3 rings (SSSR count). The molecule has 0 bridgehead atoms. The highest BCUT2D eigenvalue weighted by molar-refractivity contribution is 7.89. The Morgan fingerprint density at radius 3 is 2.44 bits per heavy atom. The number of piperazine rings is 1. The third-order valence-corrected chi connectivity index (χ3v) is 6.20. The molecule has 0 radical (unpaired) electrons. The summed E-state index contributed by atoms with van der Waals surface area (Å²) in [6.07, 6.45) is 0. The van der Waals surface area contributed by atoms with Crippen molar-refractivity contribution in [1.82, 2.24) is 14.5 Å². The minimum Gasteiger partial charge on any atom is -0.379 e. The largest absolute Gasteiger partial charge is 0.379 e. The van der Waals surface area contributed by atoms with Crippen molar-refractivity contribution in [2.24, 2.45) is 0 Å². The van der Waals surface area contributed by atoms with Gasteiger partial charge in [-0.2, -0.15) is 4.31 Å². The van der Waals surface area contributed by atoms with E-state index in [4.69, 9.17) is 4.74 Å². The van der Waals surface area contributed by atoms with Gasteiger partial charge in [-0.3, -0.25) is 9.69 Å². The SMILES string of the molecule is Cl.Cl.O=C(CN1CCNCC1)Nc1cccc(S(=O)(=O)N2CCOCC2)c1. The van der Waals surface area contributed by atoms with Crippen LogP contribution in [-0.4, -0.2) is 82.6 Å². The van der Waals surface area contributed by atoms with E-state index in [0.717, 1.165) is 26.2 Å². The van der Waals surface area contributed by atoms with E-state index in [2.05, 4.69) is 15.5 Å². The van der Waals surface area contributed by atoms with E-state index in [1.54, 1.807) is 18.2 Å². The second-order valence-corrected chi connectivity index (χ2v) is 8.06. The van der Waals surface area contributed by atoms with E-state index >= 15 is 0 Å². The van der Waals surface area contributed by atoms with Gasteiger partial charge < -0.3 is 15.4 Å². The van der Waals surface area contributed by atoms with E-state index < -0.39 is 10.0 Å². The van der Waals surface area contributed by atoms with Crippen molar-refractivity contribution in [3.05, 3.63) is 24.3 Å². The Morgan fingerprint density at radius 1 is 1.11 bits per heavy atom. The Balaban J connectivity index is 0.00000182. The molecule has 2 aliphatic heterocycles. The molecule has 0 unspecified atom stereocenters. The molecule has 1 aromatic rings. The number of nitrogens with zero attached hydrogens (tertiary/aromatic N) is 2. The van der Waals surface area contributed by atoms with Crippen molar-refractivity contribution in [2.75, 3.05) is 64.3 Å². The highest BCUT2D eigenvalue weighted by atomic mass is 35.5. The minimum atomic E-state index is -3.56. The van der Waals surface area contributed by atoms with E-state index in [0.29, 0.717) is 38.5 Å². The maximum Gasteiger partial charge on any atom is 0.243 e. The molecule has 11 heteroatoms. The molecule has 1 aromatic carbocycles. The highest BCUT2D eigenvalue weighted by Gasteiger charge is 2.26. The van der Waals surface area contributed by atoms with Crippen LogP contribution in [0, 0.1) is 0 Å². The number of carbonyl (C=O) groups excluding carboxylic acids is 1. The molecule has 2 heterocycles. The smallest absolute Gasteiger partial charge is 0.243 e. The molecule has 8 nitrogen and oxygen atoms in total. The predicted molar refractivity (Wildman–Crippen MR) is 108 cm³/mol. The number of ether oxygens (including phenoxy) is 1. The van der Waals surface area contributed by atoms with Crippen molar-refractivity contribution in [3.8, 4) is 0 Å². The summed E-state index contributed by atoms with van der Waals surface area (Å²) in [5.74, 6) is -0.136. The molecule has 0 spiro atoms. The number of benzene rings is 1. The van der Waals surface area contributed by atoms with Gasteiger partial charge in [0.2, 0.25) is 15.9 Å². The van der Waals surface area contributed by atoms with Crippen LogP contribution < -0.4 is 10.6 Å². The second-order valence-electron chi connectivity index (χ2n) is 6.12. The predicted octanol–water partition coefficient (Wildman–Crippen LogP) is 0.395. The first-order valence-electron chi connectivity index (χ1n) is 8.46. The Kier molecular flexibility index (Phi) is 9.96. The van der Waals surface area contributed by atoms with Crippen LogP contribution >= 0.6 is 24.8 Å². The Morgan fingerprint density at radius 2 is 1.78 bits per heavy atom. The third kappa shape index (κ3) is 6.56. The maximum atomic E-state index is 12.7. The molecule has 2 fully saturated rings. The lowest BCUT2D eigenvalue weighted by Crippen LogP contribution is -2.46. The van der Waals surface area contributed by atoms with E-state index in [1.807, 2.05) is 0 Å². The topological polar surface area (TPSA) is 91.0 Å². The molecule has 0 atom stereocenters. The van der Waals surface area contributed by atoms with Gasteiger partial charge in [0, 0.05) is 45.0 Å². The molecule has 2 N–H and O–H groups in total. The summed E-state index contributed by atoms with van der Waals surface area (Å²) < 4.78 is 32.0. The summed E-state index contributed by atoms with van der Waals surface area (Å²) >= 11 is 0. The normalized spacial score (nSPS) is 18.8. The van der Waals surface area contributed by atoms with Crippen molar-refractivity contribution in [2.45, 2.75) is 4.90 Å². The summed E-state index contributed by atoms with van der Waals surface area (Å²) in [7, 11) is -3.56. The molecule has 0 saturated carbocycles. The number of carbonyl (C=O) groups is 1. The number of sulfonamides is 1. The first-order valence-corrected chi connectivity index (χ1v) is 9.90. The van der Waals surface area contributed by atoms with Crippen molar-refractivity contribution in [1.29, 1.82) is 0 Å². The lowest BCUT2D eigenvalue weighted by molar-refractivity contribution is -0.117. The fourth-order valence-corrected chi connectivity index (χ4v) is 4.40. The summed E-state index contributed by atoms with van der Waals surface area (Å²) in [5.41, 5.74) is 0.495. The average molecular weight is 441 g/mol. The third-order valence-electron chi connectivity index (χ3n) is 4.30. The first-order chi connectivity index (χ1) is 12.1. The van der Waals surface area contributed by atoms with Gasteiger partial charge in [0.25, 0.3) is 0 Å². The van der Waals surface area contributed by atoms with Gasteiger partial charge in [0.05, 0.1) is 24.7 Å². The summed E-state index contributed by atoms with van der Waals surface area (Å²) in [6, 6.07) is 6.42. The Labute approximate surface area is 172 Å². The van der Waals surface area contributed by atoms with Crippen molar-refractivity contribution >= 4 is 46.4 Å². The Hall–Kier alpha value is -0.940. The van der Waals surface area contributed by atoms with Gasteiger partial charge in [-0.15, -0.1) is 24.8 Å². The zero-order valence-electron chi connectivity index (χ0n) is 14.9. The van der Waals surface area contributed by atoms with Gasteiger partial charge in [0.1, 0.15) is 0 Å². The number of anilines is 1.